The molecule has 0 radical (unpaired) electrons. The van der Waals surface area contributed by atoms with Gasteiger partial charge in [-0.25, -0.2) is 4.98 Å². The highest BCUT2D eigenvalue weighted by molar-refractivity contribution is 7.99. The summed E-state index contributed by atoms with van der Waals surface area (Å²) >= 11 is 1.58. The summed E-state index contributed by atoms with van der Waals surface area (Å²) in [6, 6.07) is 15.5. The summed E-state index contributed by atoms with van der Waals surface area (Å²) in [4.78, 5) is 31.5. The van der Waals surface area contributed by atoms with Crippen molar-refractivity contribution in [3.8, 4) is 5.69 Å². The topological polar surface area (TPSA) is 55.2 Å². The molecular weight excluding hydrogens is 382 g/mol. The lowest BCUT2D eigenvalue weighted by atomic mass is 10.1. The number of aryl methyl sites for hydroxylation is 1. The highest BCUT2D eigenvalue weighted by atomic mass is 32.2. The molecule has 0 bridgehead atoms. The standard InChI is InChI=1S/C23H27N3O2S/c1-4-17-11-5-8-14-20(17)26-22(28)18-12-6-7-13-19(18)24-23(26)29-16-10-9-15-21(27)25(2)3/h5-8,11-14H,4,9-10,15-16H2,1-3H3. The van der Waals surface area contributed by atoms with Gasteiger partial charge in [0.05, 0.1) is 16.6 Å². The zero-order valence-electron chi connectivity index (χ0n) is 17.2. The predicted molar refractivity (Wildman–Crippen MR) is 120 cm³/mol. The number of thioether (sulfide) groups is 1. The Morgan fingerprint density at radius 2 is 1.79 bits per heavy atom. The van der Waals surface area contributed by atoms with Crippen LogP contribution < -0.4 is 5.56 Å². The number of nitrogens with zero attached hydrogens (tertiary/aromatic N) is 3. The van der Waals surface area contributed by atoms with Crippen LogP contribution in [-0.4, -0.2) is 40.2 Å². The predicted octanol–water partition coefficient (Wildman–Crippen LogP) is 4.30. The summed E-state index contributed by atoms with van der Waals surface area (Å²) in [7, 11) is 3.56. The highest BCUT2D eigenvalue weighted by Crippen LogP contribution is 2.24. The SMILES string of the molecule is CCc1ccccc1-n1c(SCCCCC(=O)N(C)C)nc2ccccc2c1=O. The third kappa shape index (κ3) is 4.88. The van der Waals surface area contributed by atoms with E-state index in [-0.39, 0.29) is 11.5 Å². The third-order valence-electron chi connectivity index (χ3n) is 4.87. The van der Waals surface area contributed by atoms with E-state index in [1.807, 2.05) is 42.5 Å². The minimum absolute atomic E-state index is 0.0400. The van der Waals surface area contributed by atoms with Crippen LogP contribution in [0.5, 0.6) is 0 Å². The zero-order valence-corrected chi connectivity index (χ0v) is 18.0. The molecule has 6 heteroatoms. The van der Waals surface area contributed by atoms with Crippen LogP contribution in [0.15, 0.2) is 58.5 Å². The normalized spacial score (nSPS) is 11.0. The number of para-hydroxylation sites is 2. The van der Waals surface area contributed by atoms with Gasteiger partial charge in [0.15, 0.2) is 5.16 Å². The fourth-order valence-electron chi connectivity index (χ4n) is 3.21. The number of hydrogen-bond donors (Lipinski definition) is 0. The summed E-state index contributed by atoms with van der Waals surface area (Å²) in [5, 5.41) is 1.33. The molecule has 0 aliphatic rings. The Bertz CT molecular complexity index is 1060. The average molecular weight is 410 g/mol. The van der Waals surface area contributed by atoms with Crippen LogP contribution in [0, 0.1) is 0 Å². The van der Waals surface area contributed by atoms with Crippen LogP contribution in [0.2, 0.25) is 0 Å². The van der Waals surface area contributed by atoms with Crippen LogP contribution in [0.1, 0.15) is 31.7 Å². The maximum absolute atomic E-state index is 13.3. The molecule has 2 aromatic carbocycles. The first-order valence-corrected chi connectivity index (χ1v) is 10.9. The quantitative estimate of drug-likeness (QED) is 0.316. The number of amides is 1. The van der Waals surface area contributed by atoms with Crippen molar-refractivity contribution < 1.29 is 4.79 Å². The lowest BCUT2D eigenvalue weighted by molar-refractivity contribution is -0.128. The first kappa shape index (κ1) is 21.1. The van der Waals surface area contributed by atoms with Crippen molar-refractivity contribution in [2.24, 2.45) is 0 Å². The van der Waals surface area contributed by atoms with Gasteiger partial charge in [0, 0.05) is 26.3 Å². The Labute approximate surface area is 175 Å². The lowest BCUT2D eigenvalue weighted by Crippen LogP contribution is -2.23. The van der Waals surface area contributed by atoms with Gasteiger partial charge >= 0.3 is 0 Å². The number of carbonyl (C=O) groups is 1. The molecule has 0 aliphatic heterocycles. The molecule has 0 fully saturated rings. The lowest BCUT2D eigenvalue weighted by Gasteiger charge is -2.16. The Morgan fingerprint density at radius 1 is 1.07 bits per heavy atom. The maximum Gasteiger partial charge on any atom is 0.266 e. The molecule has 1 aromatic heterocycles. The van der Waals surface area contributed by atoms with Gasteiger partial charge in [-0.05, 0) is 43.0 Å². The van der Waals surface area contributed by atoms with Crippen LogP contribution in [0.3, 0.4) is 0 Å². The second kappa shape index (κ2) is 9.74. The monoisotopic (exact) mass is 409 g/mol. The molecule has 0 unspecified atom stereocenters. The molecule has 0 saturated heterocycles. The van der Waals surface area contributed by atoms with Gasteiger partial charge in [-0.2, -0.15) is 0 Å². The van der Waals surface area contributed by atoms with Crippen LogP contribution in [-0.2, 0) is 11.2 Å². The number of hydrogen-bond acceptors (Lipinski definition) is 4. The van der Waals surface area contributed by atoms with Crippen molar-refractivity contribution in [3.05, 3.63) is 64.4 Å². The number of aromatic nitrogens is 2. The van der Waals surface area contributed by atoms with E-state index in [0.29, 0.717) is 22.5 Å². The number of carbonyl (C=O) groups excluding carboxylic acids is 1. The summed E-state index contributed by atoms with van der Waals surface area (Å²) in [6.07, 6.45) is 3.10. The molecular formula is C23H27N3O2S. The largest absolute Gasteiger partial charge is 0.349 e. The van der Waals surface area contributed by atoms with E-state index in [2.05, 4.69) is 13.0 Å². The molecule has 152 valence electrons. The third-order valence-corrected chi connectivity index (χ3v) is 5.90. The van der Waals surface area contributed by atoms with Crippen molar-refractivity contribution in [2.75, 3.05) is 19.8 Å². The van der Waals surface area contributed by atoms with E-state index in [4.69, 9.17) is 4.98 Å². The fraction of sp³-hybridized carbons (Fsp3) is 0.348. The molecule has 0 atom stereocenters. The summed E-state index contributed by atoms with van der Waals surface area (Å²) in [6.45, 7) is 2.09. The minimum atomic E-state index is -0.0400. The minimum Gasteiger partial charge on any atom is -0.349 e. The molecule has 0 saturated carbocycles. The van der Waals surface area contributed by atoms with E-state index >= 15 is 0 Å². The molecule has 0 aliphatic carbocycles. The first-order chi connectivity index (χ1) is 14.0. The van der Waals surface area contributed by atoms with Crippen molar-refractivity contribution in [1.82, 2.24) is 14.5 Å². The number of fused-ring (bicyclic) bond motifs is 1. The van der Waals surface area contributed by atoms with Gasteiger partial charge in [0.2, 0.25) is 5.91 Å². The maximum atomic E-state index is 13.3. The number of rotatable bonds is 8. The van der Waals surface area contributed by atoms with E-state index in [9.17, 15) is 9.59 Å². The Hall–Kier alpha value is -2.60. The molecule has 3 aromatic rings. The van der Waals surface area contributed by atoms with Gasteiger partial charge < -0.3 is 4.90 Å². The van der Waals surface area contributed by atoms with E-state index in [1.165, 1.54) is 0 Å². The van der Waals surface area contributed by atoms with Crippen molar-refractivity contribution >= 4 is 28.6 Å². The zero-order chi connectivity index (χ0) is 20.8. The molecule has 5 nitrogen and oxygen atoms in total. The molecule has 0 spiro atoms. The van der Waals surface area contributed by atoms with Crippen LogP contribution in [0.4, 0.5) is 0 Å². The summed E-state index contributed by atoms with van der Waals surface area (Å²) in [5.74, 6) is 0.951. The smallest absolute Gasteiger partial charge is 0.266 e. The van der Waals surface area contributed by atoms with E-state index in [0.717, 1.165) is 36.3 Å². The first-order valence-electron chi connectivity index (χ1n) is 9.96. The van der Waals surface area contributed by atoms with Crippen LogP contribution >= 0.6 is 11.8 Å². The Kier molecular flexibility index (Phi) is 7.09. The molecule has 1 amide bonds. The average Bonchev–Trinajstić information content (AvgIpc) is 2.73. The number of benzene rings is 2. The molecule has 1 heterocycles. The highest BCUT2D eigenvalue weighted by Gasteiger charge is 2.15. The van der Waals surface area contributed by atoms with Crippen molar-refractivity contribution in [2.45, 2.75) is 37.8 Å². The summed E-state index contributed by atoms with van der Waals surface area (Å²) < 4.78 is 1.75. The Balaban J connectivity index is 1.91. The van der Waals surface area contributed by atoms with E-state index < -0.39 is 0 Å². The molecule has 3 rings (SSSR count). The number of unbranched alkanes of at least 4 members (excludes halogenated alkanes) is 1. The second-order valence-corrected chi connectivity index (χ2v) is 8.19. The van der Waals surface area contributed by atoms with Gasteiger partial charge in [-0.3, -0.25) is 14.2 Å². The van der Waals surface area contributed by atoms with Gasteiger partial charge in [-0.15, -0.1) is 0 Å². The van der Waals surface area contributed by atoms with Gasteiger partial charge in [-0.1, -0.05) is 49.0 Å². The van der Waals surface area contributed by atoms with Crippen LogP contribution in [0.25, 0.3) is 16.6 Å². The van der Waals surface area contributed by atoms with E-state index in [1.54, 1.807) is 35.3 Å². The second-order valence-electron chi connectivity index (χ2n) is 7.13. The Morgan fingerprint density at radius 3 is 2.55 bits per heavy atom. The van der Waals surface area contributed by atoms with Gasteiger partial charge in [0.25, 0.3) is 5.56 Å². The molecule has 0 N–H and O–H groups in total. The molecule has 29 heavy (non-hydrogen) atoms. The van der Waals surface area contributed by atoms with Crippen molar-refractivity contribution in [3.63, 3.8) is 0 Å². The fourth-order valence-corrected chi connectivity index (χ4v) is 4.22. The van der Waals surface area contributed by atoms with Gasteiger partial charge in [0.1, 0.15) is 0 Å². The summed E-state index contributed by atoms with van der Waals surface area (Å²) in [5.41, 5.74) is 2.68. The van der Waals surface area contributed by atoms with Crippen molar-refractivity contribution in [1.29, 1.82) is 0 Å².